The van der Waals surface area contributed by atoms with Crippen molar-refractivity contribution >= 4 is 5.97 Å². The molecule has 1 aliphatic rings. The van der Waals surface area contributed by atoms with Crippen molar-refractivity contribution in [2.45, 2.75) is 45.2 Å². The Morgan fingerprint density at radius 1 is 1.43 bits per heavy atom. The lowest BCUT2D eigenvalue weighted by molar-refractivity contribution is -0.169. The van der Waals surface area contributed by atoms with Gasteiger partial charge in [0.2, 0.25) is 0 Å². The summed E-state index contributed by atoms with van der Waals surface area (Å²) < 4.78 is 16.1. The summed E-state index contributed by atoms with van der Waals surface area (Å²) in [5, 5.41) is 10.1. The van der Waals surface area contributed by atoms with Gasteiger partial charge >= 0.3 is 5.97 Å². The van der Waals surface area contributed by atoms with Gasteiger partial charge in [-0.3, -0.25) is 0 Å². The van der Waals surface area contributed by atoms with Crippen LogP contribution in [-0.4, -0.2) is 30.6 Å². The molecule has 0 bridgehead atoms. The topological polar surface area (TPSA) is 65.0 Å². The molecule has 21 heavy (non-hydrogen) atoms. The van der Waals surface area contributed by atoms with Gasteiger partial charge in [-0.25, -0.2) is 4.79 Å². The molecule has 1 saturated heterocycles. The predicted octanol–water partition coefficient (Wildman–Crippen LogP) is 2.33. The Balaban J connectivity index is 2.00. The van der Waals surface area contributed by atoms with E-state index in [1.165, 1.54) is 0 Å². The maximum atomic E-state index is 11.7. The largest absolute Gasteiger partial charge is 0.464 e. The minimum absolute atomic E-state index is 0.202. The van der Waals surface area contributed by atoms with Crippen LogP contribution < -0.4 is 0 Å². The Hall–Kier alpha value is -1.43. The van der Waals surface area contributed by atoms with E-state index in [1.807, 2.05) is 12.1 Å². The average molecular weight is 294 g/mol. The molecule has 1 fully saturated rings. The summed E-state index contributed by atoms with van der Waals surface area (Å²) in [7, 11) is 0. The van der Waals surface area contributed by atoms with Gasteiger partial charge < -0.3 is 19.3 Å². The molecule has 0 aliphatic carbocycles. The van der Waals surface area contributed by atoms with E-state index in [9.17, 15) is 9.90 Å². The molecule has 2 atom stereocenters. The van der Waals surface area contributed by atoms with Crippen molar-refractivity contribution in [1.29, 1.82) is 0 Å². The number of esters is 1. The molecule has 2 unspecified atom stereocenters. The lowest BCUT2D eigenvalue weighted by atomic mass is 10.0. The minimum atomic E-state index is -1.28. The summed E-state index contributed by atoms with van der Waals surface area (Å²) in [5.74, 6) is -0.640. The van der Waals surface area contributed by atoms with Crippen molar-refractivity contribution in [1.82, 2.24) is 0 Å². The van der Waals surface area contributed by atoms with Crippen LogP contribution in [0, 0.1) is 0 Å². The zero-order valence-corrected chi connectivity index (χ0v) is 12.3. The van der Waals surface area contributed by atoms with Crippen molar-refractivity contribution in [2.24, 2.45) is 0 Å². The summed E-state index contributed by atoms with van der Waals surface area (Å²) >= 11 is 0. The third-order valence-corrected chi connectivity index (χ3v) is 3.42. The Bertz CT molecular complexity index is 454. The Labute approximate surface area is 124 Å². The number of benzene rings is 1. The molecule has 1 N–H and O–H groups in total. The smallest absolute Gasteiger partial charge is 0.339 e. The maximum Gasteiger partial charge on any atom is 0.339 e. The molecule has 0 radical (unpaired) electrons. The van der Waals surface area contributed by atoms with Crippen LogP contribution in [0.25, 0.3) is 0 Å². The molecular weight excluding hydrogens is 272 g/mol. The number of carbonyl (C=O) groups is 1. The van der Waals surface area contributed by atoms with Crippen LogP contribution in [0.1, 0.15) is 43.4 Å². The summed E-state index contributed by atoms with van der Waals surface area (Å²) in [4.78, 5) is 11.7. The third kappa shape index (κ3) is 4.52. The zero-order chi connectivity index (χ0) is 15.1. The van der Waals surface area contributed by atoms with Crippen LogP contribution in [0.3, 0.4) is 0 Å². The van der Waals surface area contributed by atoms with Crippen LogP contribution in [0.4, 0.5) is 0 Å². The fourth-order valence-electron chi connectivity index (χ4n) is 2.31. The van der Waals surface area contributed by atoms with Gasteiger partial charge in [0, 0.05) is 6.61 Å². The van der Waals surface area contributed by atoms with Crippen molar-refractivity contribution in [3.63, 3.8) is 0 Å². The lowest BCUT2D eigenvalue weighted by Crippen LogP contribution is -2.23. The minimum Gasteiger partial charge on any atom is -0.464 e. The number of hydrogen-bond donors (Lipinski definition) is 1. The second-order valence-electron chi connectivity index (χ2n) is 4.96. The van der Waals surface area contributed by atoms with Crippen LogP contribution in [0.15, 0.2) is 24.3 Å². The fraction of sp³-hybridized carbons (Fsp3) is 0.562. The van der Waals surface area contributed by atoms with Crippen molar-refractivity contribution < 1.29 is 24.1 Å². The molecule has 0 saturated carbocycles. The summed E-state index contributed by atoms with van der Waals surface area (Å²) in [6, 6.07) is 7.17. The van der Waals surface area contributed by atoms with E-state index >= 15 is 0 Å². The first kappa shape index (κ1) is 15.9. The van der Waals surface area contributed by atoms with Crippen molar-refractivity contribution in [2.75, 3.05) is 13.2 Å². The van der Waals surface area contributed by atoms with Gasteiger partial charge in [-0.1, -0.05) is 24.3 Å². The Kier molecular flexibility index (Phi) is 6.17. The van der Waals surface area contributed by atoms with Crippen LogP contribution in [-0.2, 0) is 25.6 Å². The molecule has 5 nitrogen and oxygen atoms in total. The zero-order valence-electron chi connectivity index (χ0n) is 12.3. The van der Waals surface area contributed by atoms with Gasteiger partial charge in [-0.15, -0.1) is 0 Å². The predicted molar refractivity (Wildman–Crippen MR) is 76.4 cm³/mol. The standard InChI is InChI=1S/C16H22O5/c1-2-19-16(18)15(17)13-8-4-3-7-12(13)11-21-14-9-5-6-10-20-14/h3-4,7-8,14-15,17H,2,5-6,9-11H2,1H3. The summed E-state index contributed by atoms with van der Waals surface area (Å²) in [5.41, 5.74) is 1.29. The molecule has 1 heterocycles. The number of carbonyl (C=O) groups excluding carboxylic acids is 1. The molecule has 0 aromatic heterocycles. The number of aliphatic hydroxyl groups excluding tert-OH is 1. The molecular formula is C16H22O5. The first-order valence-corrected chi connectivity index (χ1v) is 7.38. The third-order valence-electron chi connectivity index (χ3n) is 3.42. The summed E-state index contributed by atoms with van der Waals surface area (Å²) in [6.45, 7) is 2.97. The normalized spacial score (nSPS) is 20.0. The molecule has 1 aromatic rings. The van der Waals surface area contributed by atoms with Gasteiger partial charge in [0.15, 0.2) is 12.4 Å². The Morgan fingerprint density at radius 3 is 2.95 bits per heavy atom. The second kappa shape index (κ2) is 8.12. The van der Waals surface area contributed by atoms with E-state index in [1.54, 1.807) is 19.1 Å². The van der Waals surface area contributed by atoms with E-state index in [0.717, 1.165) is 31.4 Å². The van der Waals surface area contributed by atoms with Gasteiger partial charge in [0.05, 0.1) is 13.2 Å². The van der Waals surface area contributed by atoms with E-state index in [-0.39, 0.29) is 12.9 Å². The number of ether oxygens (including phenoxy) is 3. The van der Waals surface area contributed by atoms with E-state index < -0.39 is 12.1 Å². The quantitative estimate of drug-likeness (QED) is 0.816. The van der Waals surface area contributed by atoms with Gasteiger partial charge in [-0.2, -0.15) is 0 Å². The highest BCUT2D eigenvalue weighted by molar-refractivity contribution is 5.76. The molecule has 0 spiro atoms. The second-order valence-corrected chi connectivity index (χ2v) is 4.96. The van der Waals surface area contributed by atoms with Gasteiger partial charge in [0.25, 0.3) is 0 Å². The van der Waals surface area contributed by atoms with E-state index in [0.29, 0.717) is 12.2 Å². The lowest BCUT2D eigenvalue weighted by Gasteiger charge is -2.23. The maximum absolute atomic E-state index is 11.7. The molecule has 0 amide bonds. The van der Waals surface area contributed by atoms with Crippen molar-refractivity contribution in [3.8, 4) is 0 Å². The SMILES string of the molecule is CCOC(=O)C(O)c1ccccc1COC1CCCCO1. The molecule has 116 valence electrons. The highest BCUT2D eigenvalue weighted by Crippen LogP contribution is 2.22. The van der Waals surface area contributed by atoms with Crippen molar-refractivity contribution in [3.05, 3.63) is 35.4 Å². The number of rotatable bonds is 6. The molecule has 1 aliphatic heterocycles. The van der Waals surface area contributed by atoms with E-state index in [4.69, 9.17) is 14.2 Å². The number of aliphatic hydroxyl groups is 1. The molecule has 5 heteroatoms. The number of hydrogen-bond acceptors (Lipinski definition) is 5. The highest BCUT2D eigenvalue weighted by Gasteiger charge is 2.22. The van der Waals surface area contributed by atoms with Crippen LogP contribution >= 0.6 is 0 Å². The average Bonchev–Trinajstić information content (AvgIpc) is 2.54. The highest BCUT2D eigenvalue weighted by atomic mass is 16.7. The monoisotopic (exact) mass is 294 g/mol. The van der Waals surface area contributed by atoms with Crippen LogP contribution in [0.5, 0.6) is 0 Å². The van der Waals surface area contributed by atoms with E-state index in [2.05, 4.69) is 0 Å². The first-order valence-electron chi connectivity index (χ1n) is 7.38. The Morgan fingerprint density at radius 2 is 2.24 bits per heavy atom. The van der Waals surface area contributed by atoms with Gasteiger partial charge in [-0.05, 0) is 37.3 Å². The van der Waals surface area contributed by atoms with Gasteiger partial charge in [0.1, 0.15) is 0 Å². The fourth-order valence-corrected chi connectivity index (χ4v) is 2.31. The molecule has 1 aromatic carbocycles. The van der Waals surface area contributed by atoms with Crippen LogP contribution in [0.2, 0.25) is 0 Å². The molecule has 2 rings (SSSR count). The first-order chi connectivity index (χ1) is 10.2. The summed E-state index contributed by atoms with van der Waals surface area (Å²) in [6.07, 6.45) is 1.56.